The third-order valence-corrected chi connectivity index (χ3v) is 2.95. The molecule has 2 nitrogen and oxygen atoms in total. The molecule has 0 saturated heterocycles. The maximum absolute atomic E-state index is 14.0. The normalized spacial score (nSPS) is 18.2. The van der Waals surface area contributed by atoms with E-state index in [0.717, 1.165) is 6.42 Å². The summed E-state index contributed by atoms with van der Waals surface area (Å²) in [6.07, 6.45) is 2.00. The molecule has 1 aromatic rings. The van der Waals surface area contributed by atoms with Crippen LogP contribution >= 0.6 is 0 Å². The van der Waals surface area contributed by atoms with Gasteiger partial charge in [0.1, 0.15) is 5.67 Å². The van der Waals surface area contributed by atoms with Gasteiger partial charge in [-0.05, 0) is 30.4 Å². The van der Waals surface area contributed by atoms with Gasteiger partial charge in [0, 0.05) is 0 Å². The second-order valence-electron chi connectivity index (χ2n) is 4.09. The van der Waals surface area contributed by atoms with Crippen molar-refractivity contribution in [3.63, 3.8) is 0 Å². The largest absolute Gasteiger partial charge is 0.481 e. The first-order valence-corrected chi connectivity index (χ1v) is 5.10. The molecule has 1 aliphatic rings. The minimum Gasteiger partial charge on any atom is -0.481 e. The van der Waals surface area contributed by atoms with E-state index in [9.17, 15) is 9.18 Å². The molecule has 2 rings (SSSR count). The molecule has 3 heteroatoms. The van der Waals surface area contributed by atoms with Gasteiger partial charge >= 0.3 is 5.97 Å². The molecule has 0 atom stereocenters. The van der Waals surface area contributed by atoms with Crippen LogP contribution in [0, 0.1) is 0 Å². The molecular formula is C12H13FO2. The first kappa shape index (κ1) is 10.1. The van der Waals surface area contributed by atoms with E-state index in [2.05, 4.69) is 0 Å². The molecule has 1 N–H and O–H groups in total. The van der Waals surface area contributed by atoms with E-state index in [1.807, 2.05) is 0 Å². The highest BCUT2D eigenvalue weighted by molar-refractivity contribution is 5.70. The topological polar surface area (TPSA) is 37.3 Å². The smallest absolute Gasteiger partial charge is 0.307 e. The minimum atomic E-state index is -1.20. The van der Waals surface area contributed by atoms with Crippen molar-refractivity contribution in [3.05, 3.63) is 35.4 Å². The number of carboxylic acid groups (broad SMARTS) is 1. The number of rotatable bonds is 3. The van der Waals surface area contributed by atoms with Crippen molar-refractivity contribution >= 4 is 5.97 Å². The van der Waals surface area contributed by atoms with Gasteiger partial charge in [0.25, 0.3) is 0 Å². The number of alkyl halides is 1. The number of halogens is 1. The molecule has 1 aliphatic carbocycles. The standard InChI is InChI=1S/C12H13FO2/c13-12(5-2-6-12)10-4-1-3-9(7-10)8-11(14)15/h1,3-4,7H,2,5-6,8H2,(H,14,15). The van der Waals surface area contributed by atoms with E-state index in [-0.39, 0.29) is 6.42 Å². The molecule has 0 bridgehead atoms. The lowest BCUT2D eigenvalue weighted by Gasteiger charge is -2.34. The number of hydrogen-bond donors (Lipinski definition) is 1. The molecular weight excluding hydrogens is 195 g/mol. The first-order chi connectivity index (χ1) is 7.10. The Morgan fingerprint density at radius 1 is 1.47 bits per heavy atom. The van der Waals surface area contributed by atoms with E-state index in [4.69, 9.17) is 5.11 Å². The third kappa shape index (κ3) is 2.01. The fraction of sp³-hybridized carbons (Fsp3) is 0.417. The van der Waals surface area contributed by atoms with Gasteiger partial charge in [-0.25, -0.2) is 4.39 Å². The van der Waals surface area contributed by atoms with Crippen molar-refractivity contribution in [3.8, 4) is 0 Å². The Balaban J connectivity index is 2.22. The predicted molar refractivity (Wildman–Crippen MR) is 54.4 cm³/mol. The summed E-state index contributed by atoms with van der Waals surface area (Å²) < 4.78 is 14.0. The second kappa shape index (κ2) is 3.65. The van der Waals surface area contributed by atoms with Crippen LogP contribution in [0.1, 0.15) is 30.4 Å². The van der Waals surface area contributed by atoms with Gasteiger partial charge in [-0.1, -0.05) is 24.3 Å². The van der Waals surface area contributed by atoms with E-state index in [1.54, 1.807) is 24.3 Å². The SMILES string of the molecule is O=C(O)Cc1cccc(C2(F)CCC2)c1. The van der Waals surface area contributed by atoms with Crippen LogP contribution in [0.25, 0.3) is 0 Å². The molecule has 1 aromatic carbocycles. The van der Waals surface area contributed by atoms with E-state index in [1.165, 1.54) is 0 Å². The Morgan fingerprint density at radius 3 is 2.73 bits per heavy atom. The monoisotopic (exact) mass is 208 g/mol. The number of carbonyl (C=O) groups is 1. The van der Waals surface area contributed by atoms with Crippen LogP contribution in [-0.2, 0) is 16.9 Å². The first-order valence-electron chi connectivity index (χ1n) is 5.10. The summed E-state index contributed by atoms with van der Waals surface area (Å²) in [5, 5.41) is 8.64. The quantitative estimate of drug-likeness (QED) is 0.829. The summed E-state index contributed by atoms with van der Waals surface area (Å²) in [7, 11) is 0. The summed E-state index contributed by atoms with van der Waals surface area (Å²) >= 11 is 0. The van der Waals surface area contributed by atoms with Crippen molar-refractivity contribution < 1.29 is 14.3 Å². The van der Waals surface area contributed by atoms with Crippen LogP contribution in [0.4, 0.5) is 4.39 Å². The number of carboxylic acids is 1. The zero-order chi connectivity index (χ0) is 10.9. The van der Waals surface area contributed by atoms with Crippen molar-refractivity contribution in [2.24, 2.45) is 0 Å². The summed E-state index contributed by atoms with van der Waals surface area (Å²) in [5.74, 6) is -0.881. The van der Waals surface area contributed by atoms with Crippen LogP contribution < -0.4 is 0 Å². The van der Waals surface area contributed by atoms with Gasteiger partial charge in [0.05, 0.1) is 6.42 Å². The molecule has 1 fully saturated rings. The molecule has 15 heavy (non-hydrogen) atoms. The summed E-state index contributed by atoms with van der Waals surface area (Å²) in [4.78, 5) is 10.5. The molecule has 1 saturated carbocycles. The van der Waals surface area contributed by atoms with E-state index >= 15 is 0 Å². The van der Waals surface area contributed by atoms with Gasteiger partial charge < -0.3 is 5.11 Å². The highest BCUT2D eigenvalue weighted by Gasteiger charge is 2.38. The molecule has 0 aliphatic heterocycles. The van der Waals surface area contributed by atoms with Crippen molar-refractivity contribution in [2.45, 2.75) is 31.4 Å². The Kier molecular flexibility index (Phi) is 2.47. The Labute approximate surface area is 87.7 Å². The predicted octanol–water partition coefficient (Wildman–Crippen LogP) is 2.66. The third-order valence-electron chi connectivity index (χ3n) is 2.95. The van der Waals surface area contributed by atoms with Crippen LogP contribution in [-0.4, -0.2) is 11.1 Å². The lowest BCUT2D eigenvalue weighted by molar-refractivity contribution is -0.136. The summed E-state index contributed by atoms with van der Waals surface area (Å²) in [5.41, 5.74) is 0.102. The lowest BCUT2D eigenvalue weighted by Crippen LogP contribution is -2.28. The van der Waals surface area contributed by atoms with Crippen molar-refractivity contribution in [1.82, 2.24) is 0 Å². The van der Waals surface area contributed by atoms with Crippen molar-refractivity contribution in [1.29, 1.82) is 0 Å². The number of aliphatic carboxylic acids is 1. The fourth-order valence-corrected chi connectivity index (χ4v) is 1.91. The van der Waals surface area contributed by atoms with Gasteiger partial charge in [0.2, 0.25) is 0 Å². The fourth-order valence-electron chi connectivity index (χ4n) is 1.91. The molecule has 0 heterocycles. The molecule has 0 spiro atoms. The maximum atomic E-state index is 14.0. The molecule has 0 aromatic heterocycles. The summed E-state index contributed by atoms with van der Waals surface area (Å²) in [6.45, 7) is 0. The van der Waals surface area contributed by atoms with Gasteiger partial charge in [-0.15, -0.1) is 0 Å². The maximum Gasteiger partial charge on any atom is 0.307 e. The van der Waals surface area contributed by atoms with Crippen LogP contribution in [0.3, 0.4) is 0 Å². The number of benzene rings is 1. The van der Waals surface area contributed by atoms with Crippen LogP contribution in [0.2, 0.25) is 0 Å². The summed E-state index contributed by atoms with van der Waals surface area (Å²) in [6, 6.07) is 6.87. The molecule has 0 amide bonds. The molecule has 80 valence electrons. The molecule has 0 unspecified atom stereocenters. The Morgan fingerprint density at radius 2 is 2.20 bits per heavy atom. The average molecular weight is 208 g/mol. The zero-order valence-electron chi connectivity index (χ0n) is 8.37. The van der Waals surface area contributed by atoms with Crippen LogP contribution in [0.5, 0.6) is 0 Å². The highest BCUT2D eigenvalue weighted by Crippen LogP contribution is 2.45. The second-order valence-corrected chi connectivity index (χ2v) is 4.09. The van der Waals surface area contributed by atoms with Gasteiger partial charge in [-0.3, -0.25) is 4.79 Å². The van der Waals surface area contributed by atoms with Crippen molar-refractivity contribution in [2.75, 3.05) is 0 Å². The number of hydrogen-bond acceptors (Lipinski definition) is 1. The van der Waals surface area contributed by atoms with E-state index < -0.39 is 11.6 Å². The average Bonchev–Trinajstić information content (AvgIpc) is 2.13. The highest BCUT2D eigenvalue weighted by atomic mass is 19.1. The van der Waals surface area contributed by atoms with Gasteiger partial charge in [-0.2, -0.15) is 0 Å². The molecule has 0 radical (unpaired) electrons. The Hall–Kier alpha value is -1.38. The lowest BCUT2D eigenvalue weighted by atomic mass is 9.76. The van der Waals surface area contributed by atoms with E-state index in [0.29, 0.717) is 24.0 Å². The van der Waals surface area contributed by atoms with Crippen LogP contribution in [0.15, 0.2) is 24.3 Å². The zero-order valence-corrected chi connectivity index (χ0v) is 8.37. The van der Waals surface area contributed by atoms with Gasteiger partial charge in [0.15, 0.2) is 0 Å². The minimum absolute atomic E-state index is 0.0378. The Bertz CT molecular complexity index is 383.